The first-order valence-corrected chi connectivity index (χ1v) is 4.24. The van der Waals surface area contributed by atoms with Crippen LogP contribution in [-0.4, -0.2) is 19.6 Å². The third-order valence-corrected chi connectivity index (χ3v) is 2.55. The molecule has 0 aliphatic carbocycles. The number of rotatable bonds is 3. The molecular weight excluding hydrogens is 124 g/mol. The Bertz CT molecular complexity index is 95.4. The van der Waals surface area contributed by atoms with Gasteiger partial charge in [-0.05, 0) is 31.3 Å². The van der Waals surface area contributed by atoms with Crippen LogP contribution in [0.25, 0.3) is 0 Å². The van der Waals surface area contributed by atoms with E-state index in [1.54, 1.807) is 0 Å². The highest BCUT2D eigenvalue weighted by Crippen LogP contribution is 2.29. The van der Waals surface area contributed by atoms with Gasteiger partial charge in [-0.3, -0.25) is 0 Å². The van der Waals surface area contributed by atoms with E-state index in [2.05, 4.69) is 12.2 Å². The second kappa shape index (κ2) is 3.35. The minimum atomic E-state index is 0.453. The average Bonchev–Trinajstić information content (AvgIpc) is 2.39. The Kier molecular flexibility index (Phi) is 2.69. The second-order valence-corrected chi connectivity index (χ2v) is 3.38. The minimum absolute atomic E-state index is 0.453. The summed E-state index contributed by atoms with van der Waals surface area (Å²) < 4.78 is 0. The Morgan fingerprint density at radius 2 is 2.40 bits per heavy atom. The van der Waals surface area contributed by atoms with Crippen LogP contribution >= 0.6 is 0 Å². The molecule has 60 valence electrons. The van der Waals surface area contributed by atoms with E-state index in [1.165, 1.54) is 19.3 Å². The van der Waals surface area contributed by atoms with Crippen LogP contribution in [0.1, 0.15) is 26.2 Å². The molecule has 0 bridgehead atoms. The van der Waals surface area contributed by atoms with Crippen LogP contribution in [0.15, 0.2) is 0 Å². The van der Waals surface area contributed by atoms with Gasteiger partial charge in [-0.1, -0.05) is 13.3 Å². The topological polar surface area (TPSA) is 38.0 Å². The van der Waals surface area contributed by atoms with E-state index in [0.717, 1.165) is 19.6 Å². The van der Waals surface area contributed by atoms with Crippen LogP contribution in [-0.2, 0) is 0 Å². The average molecular weight is 142 g/mol. The first kappa shape index (κ1) is 8.02. The van der Waals surface area contributed by atoms with E-state index in [1.807, 2.05) is 0 Å². The maximum absolute atomic E-state index is 5.71. The predicted molar refractivity (Wildman–Crippen MR) is 43.9 cm³/mol. The van der Waals surface area contributed by atoms with Gasteiger partial charge in [0.25, 0.3) is 0 Å². The van der Waals surface area contributed by atoms with Gasteiger partial charge in [-0.2, -0.15) is 0 Å². The Balaban J connectivity index is 2.41. The predicted octanol–water partition coefficient (Wildman–Crippen LogP) is 0.725. The first-order chi connectivity index (χ1) is 4.83. The molecule has 2 heteroatoms. The molecule has 1 heterocycles. The van der Waals surface area contributed by atoms with Crippen molar-refractivity contribution in [2.45, 2.75) is 26.2 Å². The van der Waals surface area contributed by atoms with Gasteiger partial charge >= 0.3 is 0 Å². The smallest absolute Gasteiger partial charge is 0.00204 e. The molecule has 2 nitrogen and oxygen atoms in total. The quantitative estimate of drug-likeness (QED) is 0.609. The highest BCUT2D eigenvalue weighted by molar-refractivity contribution is 4.87. The van der Waals surface area contributed by atoms with Gasteiger partial charge in [0.05, 0.1) is 0 Å². The minimum Gasteiger partial charge on any atom is -0.330 e. The van der Waals surface area contributed by atoms with Gasteiger partial charge in [-0.15, -0.1) is 0 Å². The molecule has 0 amide bonds. The summed E-state index contributed by atoms with van der Waals surface area (Å²) in [5, 5.41) is 3.37. The fourth-order valence-electron chi connectivity index (χ4n) is 1.82. The Morgan fingerprint density at radius 3 is 2.80 bits per heavy atom. The van der Waals surface area contributed by atoms with Crippen molar-refractivity contribution < 1.29 is 0 Å². The van der Waals surface area contributed by atoms with Crippen molar-refractivity contribution >= 4 is 0 Å². The summed E-state index contributed by atoms with van der Waals surface area (Å²) in [5.41, 5.74) is 6.17. The van der Waals surface area contributed by atoms with Crippen LogP contribution in [0.4, 0.5) is 0 Å². The molecule has 0 aromatic carbocycles. The zero-order chi connectivity index (χ0) is 7.45. The van der Waals surface area contributed by atoms with Crippen LogP contribution in [0.5, 0.6) is 0 Å². The summed E-state index contributed by atoms with van der Waals surface area (Å²) in [6, 6.07) is 0. The van der Waals surface area contributed by atoms with Crippen molar-refractivity contribution in [1.29, 1.82) is 0 Å². The van der Waals surface area contributed by atoms with E-state index in [-0.39, 0.29) is 0 Å². The van der Waals surface area contributed by atoms with Crippen LogP contribution < -0.4 is 11.1 Å². The third-order valence-electron chi connectivity index (χ3n) is 2.55. The molecule has 1 fully saturated rings. The number of hydrogen-bond acceptors (Lipinski definition) is 2. The van der Waals surface area contributed by atoms with Gasteiger partial charge in [-0.25, -0.2) is 0 Å². The van der Waals surface area contributed by atoms with Crippen molar-refractivity contribution in [3.63, 3.8) is 0 Å². The fraction of sp³-hybridized carbons (Fsp3) is 1.00. The normalized spacial score (nSPS) is 33.0. The summed E-state index contributed by atoms with van der Waals surface area (Å²) in [5.74, 6) is 0. The summed E-state index contributed by atoms with van der Waals surface area (Å²) in [6.07, 6.45) is 3.83. The molecule has 0 spiro atoms. The van der Waals surface area contributed by atoms with E-state index in [4.69, 9.17) is 5.73 Å². The van der Waals surface area contributed by atoms with Gasteiger partial charge in [0, 0.05) is 6.54 Å². The first-order valence-electron chi connectivity index (χ1n) is 4.24. The van der Waals surface area contributed by atoms with Crippen LogP contribution in [0, 0.1) is 5.41 Å². The largest absolute Gasteiger partial charge is 0.330 e. The van der Waals surface area contributed by atoms with Crippen LogP contribution in [0.2, 0.25) is 0 Å². The monoisotopic (exact) mass is 142 g/mol. The van der Waals surface area contributed by atoms with E-state index in [0.29, 0.717) is 5.41 Å². The molecule has 3 N–H and O–H groups in total. The Hall–Kier alpha value is -0.0800. The van der Waals surface area contributed by atoms with Gasteiger partial charge < -0.3 is 11.1 Å². The van der Waals surface area contributed by atoms with Crippen molar-refractivity contribution in [3.8, 4) is 0 Å². The SMILES string of the molecule is CCCC1(CN)CCNC1. The molecule has 0 aromatic heterocycles. The lowest BCUT2D eigenvalue weighted by atomic mass is 9.83. The number of hydrogen-bond donors (Lipinski definition) is 2. The molecule has 1 saturated heterocycles. The third kappa shape index (κ3) is 1.50. The lowest BCUT2D eigenvalue weighted by molar-refractivity contribution is 0.304. The van der Waals surface area contributed by atoms with E-state index in [9.17, 15) is 0 Å². The fourth-order valence-corrected chi connectivity index (χ4v) is 1.82. The number of nitrogens with one attached hydrogen (secondary N) is 1. The van der Waals surface area contributed by atoms with Crippen molar-refractivity contribution in [2.75, 3.05) is 19.6 Å². The van der Waals surface area contributed by atoms with Crippen LogP contribution in [0.3, 0.4) is 0 Å². The Labute approximate surface area is 63.2 Å². The summed E-state index contributed by atoms with van der Waals surface area (Å²) in [6.45, 7) is 5.39. The van der Waals surface area contributed by atoms with E-state index >= 15 is 0 Å². The lowest BCUT2D eigenvalue weighted by Crippen LogP contribution is -2.32. The molecule has 0 radical (unpaired) electrons. The zero-order valence-electron chi connectivity index (χ0n) is 6.82. The maximum atomic E-state index is 5.71. The molecule has 1 aliphatic rings. The lowest BCUT2D eigenvalue weighted by Gasteiger charge is -2.25. The molecular formula is C8H18N2. The van der Waals surface area contributed by atoms with Gasteiger partial charge in [0.2, 0.25) is 0 Å². The molecule has 0 aromatic rings. The zero-order valence-corrected chi connectivity index (χ0v) is 6.82. The second-order valence-electron chi connectivity index (χ2n) is 3.38. The van der Waals surface area contributed by atoms with E-state index < -0.39 is 0 Å². The number of nitrogens with two attached hydrogens (primary N) is 1. The van der Waals surface area contributed by atoms with Crippen molar-refractivity contribution in [2.24, 2.45) is 11.1 Å². The molecule has 1 rings (SSSR count). The molecule has 1 unspecified atom stereocenters. The highest BCUT2D eigenvalue weighted by Gasteiger charge is 2.30. The van der Waals surface area contributed by atoms with Gasteiger partial charge in [0.15, 0.2) is 0 Å². The standard InChI is InChI=1S/C8H18N2/c1-2-3-8(6-9)4-5-10-7-8/h10H,2-7,9H2,1H3. The Morgan fingerprint density at radius 1 is 1.60 bits per heavy atom. The highest BCUT2D eigenvalue weighted by atomic mass is 14.9. The van der Waals surface area contributed by atoms with Crippen molar-refractivity contribution in [1.82, 2.24) is 5.32 Å². The molecule has 0 saturated carbocycles. The molecule has 1 atom stereocenters. The summed E-state index contributed by atoms with van der Waals surface area (Å²) >= 11 is 0. The van der Waals surface area contributed by atoms with Crippen molar-refractivity contribution in [3.05, 3.63) is 0 Å². The summed E-state index contributed by atoms with van der Waals surface area (Å²) in [4.78, 5) is 0. The summed E-state index contributed by atoms with van der Waals surface area (Å²) in [7, 11) is 0. The molecule has 10 heavy (non-hydrogen) atoms. The maximum Gasteiger partial charge on any atom is 0.00204 e. The van der Waals surface area contributed by atoms with Gasteiger partial charge in [0.1, 0.15) is 0 Å². The molecule has 1 aliphatic heterocycles.